The third-order valence-corrected chi connectivity index (χ3v) is 4.55. The lowest BCUT2D eigenvalue weighted by molar-refractivity contribution is -0.117. The molecule has 4 rings (SSSR count). The minimum absolute atomic E-state index is 0. The molecule has 1 aliphatic heterocycles. The SMILES string of the molecule is COc1cccc(-n2c(NC(=O)CC3COCCN3)nc3ccccc32)c1.Cl. The van der Waals surface area contributed by atoms with Gasteiger partial charge in [0.2, 0.25) is 11.9 Å². The number of para-hydroxylation sites is 2. The Balaban J connectivity index is 0.00000225. The van der Waals surface area contributed by atoms with Crippen LogP contribution >= 0.6 is 12.4 Å². The Morgan fingerprint density at radius 1 is 1.32 bits per heavy atom. The van der Waals surface area contributed by atoms with Gasteiger partial charge in [-0.3, -0.25) is 14.7 Å². The van der Waals surface area contributed by atoms with E-state index in [-0.39, 0.29) is 24.4 Å². The number of aromatic nitrogens is 2. The summed E-state index contributed by atoms with van der Waals surface area (Å²) in [5.74, 6) is 1.13. The number of halogens is 1. The molecule has 0 aliphatic carbocycles. The van der Waals surface area contributed by atoms with Crippen molar-refractivity contribution in [3.63, 3.8) is 0 Å². The van der Waals surface area contributed by atoms with E-state index in [2.05, 4.69) is 15.6 Å². The molecule has 0 bridgehead atoms. The van der Waals surface area contributed by atoms with Crippen LogP contribution in [-0.4, -0.2) is 48.4 Å². The molecule has 28 heavy (non-hydrogen) atoms. The van der Waals surface area contributed by atoms with Gasteiger partial charge in [0.25, 0.3) is 0 Å². The van der Waals surface area contributed by atoms with E-state index >= 15 is 0 Å². The van der Waals surface area contributed by atoms with Crippen molar-refractivity contribution in [2.45, 2.75) is 12.5 Å². The van der Waals surface area contributed by atoms with Crippen molar-refractivity contribution in [1.82, 2.24) is 14.9 Å². The maximum Gasteiger partial charge on any atom is 0.228 e. The van der Waals surface area contributed by atoms with Crippen LogP contribution in [0.5, 0.6) is 5.75 Å². The highest BCUT2D eigenvalue weighted by atomic mass is 35.5. The molecule has 2 heterocycles. The van der Waals surface area contributed by atoms with E-state index in [0.717, 1.165) is 29.0 Å². The van der Waals surface area contributed by atoms with E-state index < -0.39 is 0 Å². The van der Waals surface area contributed by atoms with Gasteiger partial charge in [0.1, 0.15) is 5.75 Å². The molecule has 0 spiro atoms. The third kappa shape index (κ3) is 4.27. The van der Waals surface area contributed by atoms with Crippen LogP contribution in [0.15, 0.2) is 48.5 Å². The molecule has 148 valence electrons. The molecular weight excluding hydrogens is 380 g/mol. The van der Waals surface area contributed by atoms with Gasteiger partial charge in [0.15, 0.2) is 0 Å². The number of benzene rings is 2. The van der Waals surface area contributed by atoms with Crippen LogP contribution in [0.1, 0.15) is 6.42 Å². The summed E-state index contributed by atoms with van der Waals surface area (Å²) < 4.78 is 12.7. The number of ether oxygens (including phenoxy) is 2. The van der Waals surface area contributed by atoms with E-state index in [1.165, 1.54) is 0 Å². The van der Waals surface area contributed by atoms with E-state index in [9.17, 15) is 4.79 Å². The second-order valence-corrected chi connectivity index (χ2v) is 6.44. The zero-order valence-electron chi connectivity index (χ0n) is 15.6. The van der Waals surface area contributed by atoms with E-state index in [1.54, 1.807) is 7.11 Å². The Hall–Kier alpha value is -2.61. The largest absolute Gasteiger partial charge is 0.497 e. The van der Waals surface area contributed by atoms with Gasteiger partial charge in [-0.2, -0.15) is 0 Å². The average Bonchev–Trinajstić information content (AvgIpc) is 3.06. The summed E-state index contributed by atoms with van der Waals surface area (Å²) in [4.78, 5) is 17.2. The lowest BCUT2D eigenvalue weighted by atomic mass is 10.2. The fourth-order valence-corrected chi connectivity index (χ4v) is 3.27. The molecular formula is C20H23ClN4O3. The van der Waals surface area contributed by atoms with Crippen molar-refractivity contribution < 1.29 is 14.3 Å². The predicted octanol–water partition coefficient (Wildman–Crippen LogP) is 2.77. The number of carbonyl (C=O) groups excluding carboxylic acids is 1. The maximum absolute atomic E-state index is 12.6. The molecule has 1 saturated heterocycles. The standard InChI is InChI=1S/C20H22N4O3.ClH/c1-26-16-6-4-5-15(12-16)24-18-8-3-2-7-17(18)22-20(24)23-19(25)11-14-13-27-10-9-21-14;/h2-8,12,14,21H,9-11,13H2,1H3,(H,22,23,25);1H. The van der Waals surface area contributed by atoms with Gasteiger partial charge in [0, 0.05) is 25.1 Å². The van der Waals surface area contributed by atoms with Crippen LogP contribution in [-0.2, 0) is 9.53 Å². The van der Waals surface area contributed by atoms with Gasteiger partial charge in [0.05, 0.1) is 37.0 Å². The smallest absolute Gasteiger partial charge is 0.228 e. The summed E-state index contributed by atoms with van der Waals surface area (Å²) in [7, 11) is 1.63. The molecule has 8 heteroatoms. The number of carbonyl (C=O) groups is 1. The molecule has 0 radical (unpaired) electrons. The molecule has 1 aliphatic rings. The highest BCUT2D eigenvalue weighted by molar-refractivity contribution is 5.92. The molecule has 1 fully saturated rings. The fraction of sp³-hybridized carbons (Fsp3) is 0.300. The van der Waals surface area contributed by atoms with Crippen molar-refractivity contribution in [3.05, 3.63) is 48.5 Å². The van der Waals surface area contributed by atoms with E-state index in [1.807, 2.05) is 53.1 Å². The first-order chi connectivity index (χ1) is 13.2. The van der Waals surface area contributed by atoms with Crippen molar-refractivity contribution in [3.8, 4) is 11.4 Å². The summed E-state index contributed by atoms with van der Waals surface area (Å²) in [6.45, 7) is 1.99. The number of nitrogens with zero attached hydrogens (tertiary/aromatic N) is 2. The lowest BCUT2D eigenvalue weighted by Gasteiger charge is -2.23. The van der Waals surface area contributed by atoms with Crippen LogP contribution in [0.4, 0.5) is 5.95 Å². The maximum atomic E-state index is 12.6. The molecule has 1 atom stereocenters. The number of rotatable bonds is 5. The Labute approximate surface area is 169 Å². The first kappa shape index (κ1) is 20.1. The predicted molar refractivity (Wildman–Crippen MR) is 111 cm³/mol. The van der Waals surface area contributed by atoms with Crippen LogP contribution in [0.2, 0.25) is 0 Å². The minimum Gasteiger partial charge on any atom is -0.497 e. The highest BCUT2D eigenvalue weighted by Crippen LogP contribution is 2.27. The highest BCUT2D eigenvalue weighted by Gasteiger charge is 2.20. The topological polar surface area (TPSA) is 77.4 Å². The molecule has 1 amide bonds. The number of hydrogen-bond donors (Lipinski definition) is 2. The average molecular weight is 403 g/mol. The number of anilines is 1. The number of morpholine rings is 1. The van der Waals surface area contributed by atoms with Gasteiger partial charge in [-0.25, -0.2) is 4.98 Å². The summed E-state index contributed by atoms with van der Waals surface area (Å²) in [6.07, 6.45) is 0.335. The first-order valence-corrected chi connectivity index (χ1v) is 8.97. The number of imidazole rings is 1. The van der Waals surface area contributed by atoms with Gasteiger partial charge >= 0.3 is 0 Å². The Bertz CT molecular complexity index is 954. The first-order valence-electron chi connectivity index (χ1n) is 8.97. The van der Waals surface area contributed by atoms with Crippen molar-refractivity contribution in [2.75, 3.05) is 32.2 Å². The lowest BCUT2D eigenvalue weighted by Crippen LogP contribution is -2.43. The minimum atomic E-state index is -0.0996. The fourth-order valence-electron chi connectivity index (χ4n) is 3.27. The van der Waals surface area contributed by atoms with Crippen molar-refractivity contribution >= 4 is 35.3 Å². The monoisotopic (exact) mass is 402 g/mol. The molecule has 1 aromatic heterocycles. The van der Waals surface area contributed by atoms with Crippen molar-refractivity contribution in [1.29, 1.82) is 0 Å². The molecule has 2 aromatic carbocycles. The van der Waals surface area contributed by atoms with Gasteiger partial charge < -0.3 is 14.8 Å². The Morgan fingerprint density at radius 3 is 2.96 bits per heavy atom. The molecule has 3 aromatic rings. The number of methoxy groups -OCH3 is 1. The van der Waals surface area contributed by atoms with Gasteiger partial charge in [-0.05, 0) is 24.3 Å². The third-order valence-electron chi connectivity index (χ3n) is 4.55. The van der Waals surface area contributed by atoms with Crippen molar-refractivity contribution in [2.24, 2.45) is 0 Å². The van der Waals surface area contributed by atoms with Gasteiger partial charge in [-0.15, -0.1) is 12.4 Å². The normalized spacial score (nSPS) is 16.4. The second-order valence-electron chi connectivity index (χ2n) is 6.44. The number of amides is 1. The van der Waals surface area contributed by atoms with E-state index in [0.29, 0.717) is 25.6 Å². The number of fused-ring (bicyclic) bond motifs is 1. The van der Waals surface area contributed by atoms with Crippen LogP contribution < -0.4 is 15.4 Å². The zero-order valence-corrected chi connectivity index (χ0v) is 16.4. The Kier molecular flexibility index (Phi) is 6.51. The molecule has 0 saturated carbocycles. The second kappa shape index (κ2) is 9.05. The molecule has 2 N–H and O–H groups in total. The van der Waals surface area contributed by atoms with Crippen LogP contribution in [0.25, 0.3) is 16.7 Å². The van der Waals surface area contributed by atoms with Crippen LogP contribution in [0, 0.1) is 0 Å². The van der Waals surface area contributed by atoms with Crippen LogP contribution in [0.3, 0.4) is 0 Å². The summed E-state index contributed by atoms with van der Waals surface area (Å²) in [6, 6.07) is 15.5. The number of hydrogen-bond acceptors (Lipinski definition) is 5. The molecule has 7 nitrogen and oxygen atoms in total. The summed E-state index contributed by atoms with van der Waals surface area (Å²) in [5.41, 5.74) is 2.60. The summed E-state index contributed by atoms with van der Waals surface area (Å²) in [5, 5.41) is 6.25. The molecule has 1 unspecified atom stereocenters. The summed E-state index contributed by atoms with van der Waals surface area (Å²) >= 11 is 0. The van der Waals surface area contributed by atoms with E-state index in [4.69, 9.17) is 9.47 Å². The zero-order chi connectivity index (χ0) is 18.6. The Morgan fingerprint density at radius 2 is 2.18 bits per heavy atom. The number of nitrogens with one attached hydrogen (secondary N) is 2. The van der Waals surface area contributed by atoms with Gasteiger partial charge in [-0.1, -0.05) is 18.2 Å². The quantitative estimate of drug-likeness (QED) is 0.686.